The van der Waals surface area contributed by atoms with Gasteiger partial charge in [0, 0.05) is 0 Å². The molecular formula is C10H19N2O+. The maximum absolute atomic E-state index is 5.47. The molecule has 13 heavy (non-hydrogen) atoms. The van der Waals surface area contributed by atoms with Crippen molar-refractivity contribution in [2.45, 2.75) is 39.7 Å². The maximum atomic E-state index is 5.47. The van der Waals surface area contributed by atoms with E-state index in [1.165, 1.54) is 6.42 Å². The average Bonchev–Trinajstić information content (AvgIpc) is 2.53. The average molecular weight is 183 g/mol. The van der Waals surface area contributed by atoms with Crippen LogP contribution in [-0.4, -0.2) is 11.3 Å². The fourth-order valence-corrected chi connectivity index (χ4v) is 1.05. The van der Waals surface area contributed by atoms with Gasteiger partial charge in [-0.2, -0.15) is 0 Å². The molecule has 0 saturated heterocycles. The van der Waals surface area contributed by atoms with Gasteiger partial charge in [-0.1, -0.05) is 18.1 Å². The number of unbranched alkanes of at least 4 members (excludes halogenated alkanes) is 1. The van der Waals surface area contributed by atoms with E-state index in [2.05, 4.69) is 25.3 Å². The van der Waals surface area contributed by atoms with Crippen LogP contribution in [0.5, 0.6) is 0 Å². The lowest BCUT2D eigenvalue weighted by atomic mass is 10.4. The van der Waals surface area contributed by atoms with Crippen LogP contribution in [0.4, 0.5) is 0 Å². The van der Waals surface area contributed by atoms with Gasteiger partial charge in [-0.3, -0.25) is 0 Å². The zero-order valence-corrected chi connectivity index (χ0v) is 8.73. The molecule has 74 valence electrons. The minimum absolute atomic E-state index is 0.496. The zero-order chi connectivity index (χ0) is 9.68. The van der Waals surface area contributed by atoms with E-state index < -0.39 is 0 Å². The predicted molar refractivity (Wildman–Crippen MR) is 51.4 cm³/mol. The van der Waals surface area contributed by atoms with Crippen LogP contribution in [0.2, 0.25) is 0 Å². The molecule has 0 aliphatic carbocycles. The lowest BCUT2D eigenvalue weighted by Gasteiger charge is -1.98. The van der Waals surface area contributed by atoms with Gasteiger partial charge in [0.2, 0.25) is 0 Å². The highest BCUT2D eigenvalue weighted by atomic mass is 16.7. The molecule has 0 aliphatic rings. The van der Waals surface area contributed by atoms with E-state index in [4.69, 9.17) is 4.84 Å². The molecule has 0 aromatic carbocycles. The topological polar surface area (TPSA) is 18.0 Å². The Kier molecular flexibility index (Phi) is 3.80. The first-order valence-electron chi connectivity index (χ1n) is 4.96. The van der Waals surface area contributed by atoms with E-state index in [0.29, 0.717) is 6.04 Å². The Hall–Kier alpha value is -0.990. The van der Waals surface area contributed by atoms with Crippen molar-refractivity contribution in [3.63, 3.8) is 0 Å². The highest BCUT2D eigenvalue weighted by molar-refractivity contribution is 4.61. The van der Waals surface area contributed by atoms with Crippen LogP contribution in [0.1, 0.15) is 39.7 Å². The Balaban J connectivity index is 2.40. The van der Waals surface area contributed by atoms with Crippen molar-refractivity contribution in [3.8, 4) is 0 Å². The lowest BCUT2D eigenvalue weighted by Crippen LogP contribution is -2.33. The molecule has 0 atom stereocenters. The second-order valence-corrected chi connectivity index (χ2v) is 3.50. The molecule has 0 radical (unpaired) electrons. The monoisotopic (exact) mass is 183 g/mol. The molecule has 0 saturated carbocycles. The molecule has 1 heterocycles. The van der Waals surface area contributed by atoms with Crippen molar-refractivity contribution in [2.75, 3.05) is 6.61 Å². The summed E-state index contributed by atoms with van der Waals surface area (Å²) in [6.45, 7) is 7.25. The maximum Gasteiger partial charge on any atom is 0.284 e. The first-order valence-corrected chi connectivity index (χ1v) is 4.96. The summed E-state index contributed by atoms with van der Waals surface area (Å²) < 4.78 is 3.89. The summed E-state index contributed by atoms with van der Waals surface area (Å²) in [6, 6.07) is 0.496. The van der Waals surface area contributed by atoms with Crippen LogP contribution in [0.15, 0.2) is 18.7 Å². The summed E-state index contributed by atoms with van der Waals surface area (Å²) in [6.07, 6.45) is 8.22. The van der Waals surface area contributed by atoms with Crippen molar-refractivity contribution in [3.05, 3.63) is 18.7 Å². The fourth-order valence-electron chi connectivity index (χ4n) is 1.05. The van der Waals surface area contributed by atoms with Gasteiger partial charge in [0.15, 0.2) is 6.20 Å². The van der Waals surface area contributed by atoms with E-state index in [9.17, 15) is 0 Å². The molecule has 0 bridgehead atoms. The number of rotatable bonds is 5. The Morgan fingerprint density at radius 1 is 1.46 bits per heavy atom. The minimum Gasteiger partial charge on any atom is -0.336 e. The summed E-state index contributed by atoms with van der Waals surface area (Å²) in [7, 11) is 0. The van der Waals surface area contributed by atoms with Crippen molar-refractivity contribution in [2.24, 2.45) is 0 Å². The molecule has 3 nitrogen and oxygen atoms in total. The molecule has 0 N–H and O–H groups in total. The second-order valence-electron chi connectivity index (χ2n) is 3.50. The van der Waals surface area contributed by atoms with Gasteiger partial charge in [-0.25, -0.2) is 4.57 Å². The van der Waals surface area contributed by atoms with Crippen LogP contribution in [0.25, 0.3) is 0 Å². The number of aromatic nitrogens is 2. The third-order valence-corrected chi connectivity index (χ3v) is 1.97. The van der Waals surface area contributed by atoms with E-state index in [1.54, 1.807) is 4.73 Å². The Morgan fingerprint density at radius 2 is 2.23 bits per heavy atom. The highest BCUT2D eigenvalue weighted by Gasteiger charge is 2.06. The number of nitrogens with zero attached hydrogens (tertiary/aromatic N) is 2. The molecule has 1 rings (SSSR count). The third-order valence-electron chi connectivity index (χ3n) is 1.97. The van der Waals surface area contributed by atoms with Crippen molar-refractivity contribution < 1.29 is 9.40 Å². The molecule has 1 aromatic rings. The Labute approximate surface area is 79.9 Å². The van der Waals surface area contributed by atoms with Crippen molar-refractivity contribution in [1.29, 1.82) is 0 Å². The first-order chi connectivity index (χ1) is 6.24. The summed E-state index contributed by atoms with van der Waals surface area (Å²) in [5.74, 6) is 0. The van der Waals surface area contributed by atoms with Crippen molar-refractivity contribution in [1.82, 2.24) is 4.73 Å². The van der Waals surface area contributed by atoms with E-state index >= 15 is 0 Å². The first kappa shape index (κ1) is 10.1. The van der Waals surface area contributed by atoms with Crippen LogP contribution >= 0.6 is 0 Å². The summed E-state index contributed by atoms with van der Waals surface area (Å²) in [5.41, 5.74) is 0. The van der Waals surface area contributed by atoms with Gasteiger partial charge < -0.3 is 4.84 Å². The van der Waals surface area contributed by atoms with Gasteiger partial charge in [-0.05, 0) is 20.3 Å². The Bertz CT molecular complexity index is 243. The smallest absolute Gasteiger partial charge is 0.284 e. The minimum atomic E-state index is 0.496. The molecule has 0 fully saturated rings. The van der Waals surface area contributed by atoms with Crippen LogP contribution in [-0.2, 0) is 0 Å². The SMILES string of the molecule is CCCCOn1cc[n+](C(C)C)c1. The predicted octanol–water partition coefficient (Wildman–Crippen LogP) is 1.59. The molecule has 0 unspecified atom stereocenters. The summed E-state index contributed by atoms with van der Waals surface area (Å²) in [5, 5.41) is 0. The number of hydrogen-bond donors (Lipinski definition) is 0. The van der Waals surface area contributed by atoms with Gasteiger partial charge in [0.1, 0.15) is 12.8 Å². The standard InChI is InChI=1S/C10H19N2O/c1-4-5-8-13-12-7-6-11(9-12)10(2)3/h6-7,9-10H,4-5,8H2,1-3H3/q+1. The molecule has 0 aliphatic heterocycles. The highest BCUT2D eigenvalue weighted by Crippen LogP contribution is 1.91. The summed E-state index contributed by atoms with van der Waals surface area (Å²) >= 11 is 0. The number of hydrogen-bond acceptors (Lipinski definition) is 1. The van der Waals surface area contributed by atoms with Gasteiger partial charge >= 0.3 is 0 Å². The van der Waals surface area contributed by atoms with E-state index in [-0.39, 0.29) is 0 Å². The van der Waals surface area contributed by atoms with Crippen molar-refractivity contribution >= 4 is 0 Å². The molecular weight excluding hydrogens is 164 g/mol. The van der Waals surface area contributed by atoms with Crippen LogP contribution in [0, 0.1) is 0 Å². The third kappa shape index (κ3) is 3.09. The summed E-state index contributed by atoms with van der Waals surface area (Å²) in [4.78, 5) is 5.47. The molecule has 0 amide bonds. The normalized spacial score (nSPS) is 10.8. The fraction of sp³-hybridized carbons (Fsp3) is 0.700. The van der Waals surface area contributed by atoms with Gasteiger partial charge in [0.25, 0.3) is 6.33 Å². The molecule has 0 spiro atoms. The quantitative estimate of drug-likeness (QED) is 0.501. The van der Waals surface area contributed by atoms with E-state index in [1.807, 2.05) is 18.7 Å². The molecule has 1 aromatic heterocycles. The van der Waals surface area contributed by atoms with Gasteiger partial charge in [0.05, 0.1) is 6.04 Å². The van der Waals surface area contributed by atoms with Gasteiger partial charge in [-0.15, -0.1) is 0 Å². The lowest BCUT2D eigenvalue weighted by molar-refractivity contribution is -0.716. The largest absolute Gasteiger partial charge is 0.336 e. The second kappa shape index (κ2) is 4.90. The van der Waals surface area contributed by atoms with Crippen LogP contribution in [0.3, 0.4) is 0 Å². The zero-order valence-electron chi connectivity index (χ0n) is 8.73. The number of imidazole rings is 1. The Morgan fingerprint density at radius 3 is 2.77 bits per heavy atom. The molecule has 3 heteroatoms. The van der Waals surface area contributed by atoms with Crippen LogP contribution < -0.4 is 9.40 Å². The van der Waals surface area contributed by atoms with E-state index in [0.717, 1.165) is 13.0 Å².